The maximum Gasteiger partial charge on any atom is 0.223 e. The molecule has 2 N–H and O–H groups in total. The van der Waals surface area contributed by atoms with Crippen LogP contribution in [-0.4, -0.2) is 55.1 Å². The van der Waals surface area contributed by atoms with Gasteiger partial charge in [0.15, 0.2) is 0 Å². The number of aromatic amines is 1. The van der Waals surface area contributed by atoms with Gasteiger partial charge in [-0.05, 0) is 36.7 Å². The first-order valence-corrected chi connectivity index (χ1v) is 10.3. The summed E-state index contributed by atoms with van der Waals surface area (Å²) in [5, 5.41) is 4.64. The molecule has 2 heterocycles. The van der Waals surface area contributed by atoms with Gasteiger partial charge in [0.25, 0.3) is 0 Å². The van der Waals surface area contributed by atoms with Crippen LogP contribution >= 0.6 is 0 Å². The molecule has 0 atom stereocenters. The summed E-state index contributed by atoms with van der Waals surface area (Å²) >= 11 is 0. The Bertz CT molecular complexity index is 962. The second-order valence-corrected chi connectivity index (χ2v) is 7.43. The number of rotatable bonds is 7. The summed E-state index contributed by atoms with van der Waals surface area (Å²) in [6, 6.07) is 15.1. The molecule has 1 amide bonds. The standard InChI is InChI=1S/C23H27FN4O/c24-20-6-2-4-8-22(20)27-13-15-28(16-14-27)23(29)10-12-25-11-9-18-17-26-21-7-3-1-5-19(18)21/h1-8,17,25-26H,9-16H2. The first kappa shape index (κ1) is 19.5. The van der Waals surface area contributed by atoms with Crippen molar-refractivity contribution in [2.24, 2.45) is 0 Å². The monoisotopic (exact) mass is 394 g/mol. The van der Waals surface area contributed by atoms with Crippen LogP contribution in [-0.2, 0) is 11.2 Å². The zero-order chi connectivity index (χ0) is 20.1. The lowest BCUT2D eigenvalue weighted by atomic mass is 10.1. The Kier molecular flexibility index (Phi) is 6.10. The number of carbonyl (C=O) groups is 1. The van der Waals surface area contributed by atoms with Crippen molar-refractivity contribution in [1.29, 1.82) is 0 Å². The van der Waals surface area contributed by atoms with E-state index in [0.29, 0.717) is 44.8 Å². The fourth-order valence-electron chi connectivity index (χ4n) is 3.94. The molecule has 1 aliphatic heterocycles. The molecule has 0 spiro atoms. The molecule has 4 rings (SSSR count). The van der Waals surface area contributed by atoms with Gasteiger partial charge in [-0.15, -0.1) is 0 Å². The van der Waals surface area contributed by atoms with Crippen molar-refractivity contribution >= 4 is 22.5 Å². The number of para-hydroxylation sites is 2. The van der Waals surface area contributed by atoms with Crippen molar-refractivity contribution in [2.45, 2.75) is 12.8 Å². The van der Waals surface area contributed by atoms with Crippen LogP contribution in [0.1, 0.15) is 12.0 Å². The normalized spacial score (nSPS) is 14.5. The fourth-order valence-corrected chi connectivity index (χ4v) is 3.94. The number of halogens is 1. The first-order valence-electron chi connectivity index (χ1n) is 10.3. The highest BCUT2D eigenvalue weighted by Crippen LogP contribution is 2.20. The van der Waals surface area contributed by atoms with Gasteiger partial charge >= 0.3 is 0 Å². The van der Waals surface area contributed by atoms with Crippen LogP contribution in [0.15, 0.2) is 54.7 Å². The lowest BCUT2D eigenvalue weighted by Crippen LogP contribution is -2.49. The lowest BCUT2D eigenvalue weighted by molar-refractivity contribution is -0.131. The minimum atomic E-state index is -0.202. The number of piperazine rings is 1. The summed E-state index contributed by atoms with van der Waals surface area (Å²) in [4.78, 5) is 19.7. The van der Waals surface area contributed by atoms with Gasteiger partial charge in [-0.3, -0.25) is 4.79 Å². The van der Waals surface area contributed by atoms with Crippen LogP contribution in [0.3, 0.4) is 0 Å². The number of H-pyrrole nitrogens is 1. The van der Waals surface area contributed by atoms with Crippen LogP contribution in [0.25, 0.3) is 10.9 Å². The number of nitrogens with zero attached hydrogens (tertiary/aromatic N) is 2. The average Bonchev–Trinajstić information content (AvgIpc) is 3.17. The largest absolute Gasteiger partial charge is 0.366 e. The average molecular weight is 394 g/mol. The van der Waals surface area contributed by atoms with Crippen molar-refractivity contribution in [3.05, 3.63) is 66.1 Å². The summed E-state index contributed by atoms with van der Waals surface area (Å²) in [6.45, 7) is 4.14. The number of hydrogen-bond donors (Lipinski definition) is 2. The van der Waals surface area contributed by atoms with Crippen LogP contribution in [0.4, 0.5) is 10.1 Å². The van der Waals surface area contributed by atoms with E-state index in [-0.39, 0.29) is 11.7 Å². The lowest BCUT2D eigenvalue weighted by Gasteiger charge is -2.36. The Hall–Kier alpha value is -2.86. The highest BCUT2D eigenvalue weighted by Gasteiger charge is 2.22. The van der Waals surface area contributed by atoms with Gasteiger partial charge in [0, 0.05) is 56.2 Å². The van der Waals surface area contributed by atoms with E-state index in [4.69, 9.17) is 0 Å². The number of carbonyl (C=O) groups excluding carboxylic acids is 1. The minimum Gasteiger partial charge on any atom is -0.366 e. The Morgan fingerprint density at radius 1 is 1.00 bits per heavy atom. The Labute approximate surface area is 170 Å². The van der Waals surface area contributed by atoms with Gasteiger partial charge in [0.05, 0.1) is 5.69 Å². The van der Waals surface area contributed by atoms with E-state index in [1.165, 1.54) is 17.0 Å². The van der Waals surface area contributed by atoms with Crippen molar-refractivity contribution in [2.75, 3.05) is 44.2 Å². The molecule has 1 fully saturated rings. The first-order chi connectivity index (χ1) is 14.2. The zero-order valence-electron chi connectivity index (χ0n) is 16.5. The van der Waals surface area contributed by atoms with E-state index >= 15 is 0 Å². The number of amides is 1. The quantitative estimate of drug-likeness (QED) is 0.605. The van der Waals surface area contributed by atoms with Crippen molar-refractivity contribution in [3.8, 4) is 0 Å². The summed E-state index contributed by atoms with van der Waals surface area (Å²) in [5.74, 6) is -0.0375. The van der Waals surface area contributed by atoms with Crippen LogP contribution in [0.2, 0.25) is 0 Å². The Balaban J connectivity index is 1.17. The summed E-state index contributed by atoms with van der Waals surface area (Å²) in [6.07, 6.45) is 3.49. The zero-order valence-corrected chi connectivity index (χ0v) is 16.5. The number of nitrogens with one attached hydrogen (secondary N) is 2. The van der Waals surface area contributed by atoms with E-state index in [9.17, 15) is 9.18 Å². The fraction of sp³-hybridized carbons (Fsp3) is 0.348. The molecule has 0 unspecified atom stereocenters. The Morgan fingerprint density at radius 3 is 2.59 bits per heavy atom. The third-order valence-corrected chi connectivity index (χ3v) is 5.59. The van der Waals surface area contributed by atoms with Crippen molar-refractivity contribution in [3.63, 3.8) is 0 Å². The molecule has 5 nitrogen and oxygen atoms in total. The number of hydrogen-bond acceptors (Lipinski definition) is 3. The van der Waals surface area contributed by atoms with Crippen molar-refractivity contribution < 1.29 is 9.18 Å². The maximum absolute atomic E-state index is 13.9. The Morgan fingerprint density at radius 2 is 1.76 bits per heavy atom. The number of fused-ring (bicyclic) bond motifs is 1. The maximum atomic E-state index is 13.9. The number of aromatic nitrogens is 1. The SMILES string of the molecule is O=C(CCNCCc1c[nH]c2ccccc12)N1CCN(c2ccccc2F)CC1. The van der Waals surface area contributed by atoms with E-state index in [0.717, 1.165) is 18.5 Å². The number of benzene rings is 2. The van der Waals surface area contributed by atoms with E-state index < -0.39 is 0 Å². The molecule has 1 aliphatic rings. The van der Waals surface area contributed by atoms with Crippen LogP contribution in [0.5, 0.6) is 0 Å². The van der Waals surface area contributed by atoms with E-state index in [2.05, 4.69) is 34.7 Å². The number of anilines is 1. The summed E-state index contributed by atoms with van der Waals surface area (Å²) in [7, 11) is 0. The summed E-state index contributed by atoms with van der Waals surface area (Å²) in [5.41, 5.74) is 3.08. The minimum absolute atomic E-state index is 0.165. The molecular formula is C23H27FN4O. The van der Waals surface area contributed by atoms with Gasteiger partial charge in [-0.2, -0.15) is 0 Å². The molecule has 1 saturated heterocycles. The topological polar surface area (TPSA) is 51.4 Å². The molecule has 3 aromatic rings. The van der Waals surface area contributed by atoms with Gasteiger partial charge in [0.1, 0.15) is 5.82 Å². The third-order valence-electron chi connectivity index (χ3n) is 5.59. The molecule has 2 aromatic carbocycles. The predicted octanol–water partition coefficient (Wildman–Crippen LogP) is 3.18. The highest BCUT2D eigenvalue weighted by atomic mass is 19.1. The predicted molar refractivity (Wildman–Crippen MR) is 115 cm³/mol. The molecule has 0 saturated carbocycles. The van der Waals surface area contributed by atoms with Gasteiger partial charge in [0.2, 0.25) is 5.91 Å². The van der Waals surface area contributed by atoms with Crippen LogP contribution < -0.4 is 10.2 Å². The molecule has 1 aromatic heterocycles. The van der Waals surface area contributed by atoms with Crippen LogP contribution in [0, 0.1) is 5.82 Å². The molecular weight excluding hydrogens is 367 g/mol. The molecule has 0 radical (unpaired) electrons. The van der Waals surface area contributed by atoms with E-state index in [1.54, 1.807) is 12.1 Å². The summed E-state index contributed by atoms with van der Waals surface area (Å²) < 4.78 is 13.9. The van der Waals surface area contributed by atoms with Gasteiger partial charge in [-0.1, -0.05) is 30.3 Å². The second kappa shape index (κ2) is 9.09. The highest BCUT2D eigenvalue weighted by molar-refractivity contribution is 5.83. The molecule has 152 valence electrons. The molecule has 0 aliphatic carbocycles. The smallest absolute Gasteiger partial charge is 0.223 e. The third kappa shape index (κ3) is 4.59. The molecule has 0 bridgehead atoms. The van der Waals surface area contributed by atoms with Crippen molar-refractivity contribution in [1.82, 2.24) is 15.2 Å². The second-order valence-electron chi connectivity index (χ2n) is 7.43. The molecule has 29 heavy (non-hydrogen) atoms. The van der Waals surface area contributed by atoms with Gasteiger partial charge < -0.3 is 20.1 Å². The molecule has 6 heteroatoms. The van der Waals surface area contributed by atoms with E-state index in [1.807, 2.05) is 21.9 Å². The van der Waals surface area contributed by atoms with Gasteiger partial charge in [-0.25, -0.2) is 4.39 Å².